The summed E-state index contributed by atoms with van der Waals surface area (Å²) in [5.41, 5.74) is 9.25. The van der Waals surface area contributed by atoms with E-state index in [-0.39, 0.29) is 29.1 Å². The number of methoxy groups -OCH3 is 1. The molecule has 0 saturated carbocycles. The van der Waals surface area contributed by atoms with Crippen LogP contribution in [0.25, 0.3) is 0 Å². The van der Waals surface area contributed by atoms with Gasteiger partial charge in [0.15, 0.2) is 5.76 Å². The maximum atomic E-state index is 13.7. The Morgan fingerprint density at radius 3 is 2.69 bits per heavy atom. The first-order valence-corrected chi connectivity index (χ1v) is 13.5. The van der Waals surface area contributed by atoms with Gasteiger partial charge in [-0.1, -0.05) is 17.7 Å². The van der Waals surface area contributed by atoms with E-state index >= 15 is 0 Å². The van der Waals surface area contributed by atoms with Crippen molar-refractivity contribution in [2.45, 2.75) is 38.5 Å². The lowest BCUT2D eigenvalue weighted by atomic mass is 9.80. The van der Waals surface area contributed by atoms with Gasteiger partial charge in [0.2, 0.25) is 10.0 Å². The Balaban J connectivity index is 1.45. The average molecular weight is 515 g/mol. The van der Waals surface area contributed by atoms with Crippen molar-refractivity contribution in [2.24, 2.45) is 11.8 Å². The van der Waals surface area contributed by atoms with Crippen LogP contribution >= 0.6 is 0 Å². The Kier molecular flexibility index (Phi) is 6.52. The van der Waals surface area contributed by atoms with Crippen LogP contribution in [0.4, 0.5) is 10.1 Å². The maximum Gasteiger partial charge on any atom is 0.248 e. The molecule has 36 heavy (non-hydrogen) atoms. The van der Waals surface area contributed by atoms with Crippen molar-refractivity contribution in [1.82, 2.24) is 14.9 Å². The summed E-state index contributed by atoms with van der Waals surface area (Å²) >= 11 is 0. The Bertz CT molecular complexity index is 1340. The van der Waals surface area contributed by atoms with E-state index in [4.69, 9.17) is 9.26 Å². The molecule has 0 amide bonds. The largest absolute Gasteiger partial charge is 0.383 e. The molecule has 0 saturated heterocycles. The van der Waals surface area contributed by atoms with E-state index in [0.717, 1.165) is 29.8 Å². The normalized spacial score (nSPS) is 21.4. The van der Waals surface area contributed by atoms with Gasteiger partial charge in [-0.05, 0) is 68.5 Å². The van der Waals surface area contributed by atoms with Crippen LogP contribution in [0.5, 0.6) is 0 Å². The molecule has 1 aromatic carbocycles. The molecule has 0 unspecified atom stereocenters. The van der Waals surface area contributed by atoms with Gasteiger partial charge in [-0.25, -0.2) is 12.8 Å². The predicted molar refractivity (Wildman–Crippen MR) is 134 cm³/mol. The van der Waals surface area contributed by atoms with Gasteiger partial charge in [0.25, 0.3) is 0 Å². The number of hydrogen-bond acceptors (Lipinski definition) is 7. The van der Waals surface area contributed by atoms with Gasteiger partial charge in [-0.2, -0.15) is 4.31 Å². The maximum absolute atomic E-state index is 13.7. The summed E-state index contributed by atoms with van der Waals surface area (Å²) in [7, 11) is -2.24. The zero-order valence-electron chi connectivity index (χ0n) is 20.9. The topological polar surface area (TPSA) is 87.9 Å². The Morgan fingerprint density at radius 1 is 1.28 bits per heavy atom. The minimum absolute atomic E-state index is 0.0840. The highest BCUT2D eigenvalue weighted by atomic mass is 32.2. The summed E-state index contributed by atoms with van der Waals surface area (Å²) in [6.07, 6.45) is 5.92. The summed E-state index contributed by atoms with van der Waals surface area (Å²) in [6, 6.07) is 6.40. The molecule has 1 N–H and O–H groups in total. The summed E-state index contributed by atoms with van der Waals surface area (Å²) in [5.74, 6) is 0.227. The molecule has 0 bridgehead atoms. The molecule has 5 rings (SSSR count). The fourth-order valence-corrected chi connectivity index (χ4v) is 7.39. The van der Waals surface area contributed by atoms with Crippen molar-refractivity contribution < 1.29 is 22.1 Å². The highest BCUT2D eigenvalue weighted by Crippen LogP contribution is 2.48. The number of nitrogens with one attached hydrogen (secondary N) is 1. The molecule has 8 nitrogen and oxygen atoms in total. The van der Waals surface area contributed by atoms with Crippen molar-refractivity contribution in [2.75, 3.05) is 31.8 Å². The van der Waals surface area contributed by atoms with Crippen molar-refractivity contribution in [3.8, 4) is 0 Å². The van der Waals surface area contributed by atoms with Crippen LogP contribution in [0.2, 0.25) is 0 Å². The second-order valence-corrected chi connectivity index (χ2v) is 11.4. The molecule has 10 heteroatoms. The predicted octanol–water partition coefficient (Wildman–Crippen LogP) is 4.22. The lowest BCUT2D eigenvalue weighted by molar-refractivity contribution is 0.174. The SMILES string of the molecule is COCCN(C[C@H]1CCC2=C1[C@@H](C)C1=CNN(c3ccc(F)cc3)C1=C2)S(=O)(=O)c1c(C)noc1C. The number of benzene rings is 1. The van der Waals surface area contributed by atoms with Gasteiger partial charge in [-0.15, -0.1) is 0 Å². The first kappa shape index (κ1) is 24.7. The molecule has 2 aliphatic carbocycles. The van der Waals surface area contributed by atoms with E-state index < -0.39 is 10.0 Å². The third-order valence-corrected chi connectivity index (χ3v) is 9.43. The summed E-state index contributed by atoms with van der Waals surface area (Å²) in [5, 5.41) is 5.83. The number of aryl methyl sites for hydroxylation is 2. The molecule has 3 aliphatic rings. The number of halogens is 1. The molecule has 0 fully saturated rings. The second-order valence-electron chi connectivity index (χ2n) is 9.52. The second kappa shape index (κ2) is 9.49. The summed E-state index contributed by atoms with van der Waals surface area (Å²) < 4.78 is 52.7. The molecule has 2 atom stereocenters. The molecule has 1 aliphatic heterocycles. The van der Waals surface area contributed by atoms with Gasteiger partial charge in [0, 0.05) is 37.9 Å². The van der Waals surface area contributed by atoms with Crippen molar-refractivity contribution in [3.05, 3.63) is 76.2 Å². The van der Waals surface area contributed by atoms with E-state index in [0.29, 0.717) is 24.6 Å². The highest BCUT2D eigenvalue weighted by Gasteiger charge is 2.40. The van der Waals surface area contributed by atoms with Crippen LogP contribution < -0.4 is 10.4 Å². The van der Waals surface area contributed by atoms with E-state index in [1.807, 2.05) is 11.2 Å². The van der Waals surface area contributed by atoms with Gasteiger partial charge in [0.05, 0.1) is 18.0 Å². The standard InChI is InChI=1S/C26H31FN4O4S/c1-16-23-14-28-31(22-9-7-21(27)8-10-22)24(23)13-19-5-6-20(25(16)19)15-30(11-12-34-4)36(32,33)26-17(2)29-35-18(26)3/h7-10,13-14,16,20,28H,5-6,11-12,15H2,1-4H3/t16-,20+/m0/s1. The third-order valence-electron chi connectivity index (χ3n) is 7.32. The van der Waals surface area contributed by atoms with Crippen molar-refractivity contribution >= 4 is 15.7 Å². The van der Waals surface area contributed by atoms with E-state index in [1.54, 1.807) is 33.1 Å². The number of sulfonamides is 1. The monoisotopic (exact) mass is 514 g/mol. The van der Waals surface area contributed by atoms with Crippen LogP contribution in [-0.2, 0) is 14.8 Å². The zero-order chi connectivity index (χ0) is 25.6. The smallest absolute Gasteiger partial charge is 0.248 e. The number of hydrazine groups is 1. The number of anilines is 1. The first-order chi connectivity index (χ1) is 17.2. The third kappa shape index (κ3) is 4.16. The number of nitrogens with zero attached hydrogens (tertiary/aromatic N) is 3. The Labute approximate surface area is 211 Å². The molecule has 2 aromatic rings. The highest BCUT2D eigenvalue weighted by molar-refractivity contribution is 7.89. The Morgan fingerprint density at radius 2 is 2.03 bits per heavy atom. The van der Waals surface area contributed by atoms with Crippen LogP contribution in [0.1, 0.15) is 31.2 Å². The lowest BCUT2D eigenvalue weighted by Gasteiger charge is -2.32. The van der Waals surface area contributed by atoms with Gasteiger partial charge in [0.1, 0.15) is 16.4 Å². The number of rotatable bonds is 8. The number of aromatic nitrogens is 1. The van der Waals surface area contributed by atoms with E-state index in [9.17, 15) is 12.8 Å². The minimum Gasteiger partial charge on any atom is -0.383 e. The molecule has 1 aromatic heterocycles. The van der Waals surface area contributed by atoms with Crippen LogP contribution in [0.15, 0.2) is 68.4 Å². The van der Waals surface area contributed by atoms with Crippen LogP contribution in [0.3, 0.4) is 0 Å². The molecule has 192 valence electrons. The molecule has 2 heterocycles. The zero-order valence-corrected chi connectivity index (χ0v) is 21.7. The van der Waals surface area contributed by atoms with Crippen molar-refractivity contribution in [3.63, 3.8) is 0 Å². The molecular weight excluding hydrogens is 483 g/mol. The number of allylic oxidation sites excluding steroid dienone is 3. The van der Waals surface area contributed by atoms with E-state index in [2.05, 4.69) is 23.6 Å². The quantitative estimate of drug-likeness (QED) is 0.564. The Hall–Kier alpha value is -2.95. The summed E-state index contributed by atoms with van der Waals surface area (Å²) in [6.45, 7) is 6.35. The first-order valence-electron chi connectivity index (χ1n) is 12.1. The molecule has 0 radical (unpaired) electrons. The lowest BCUT2D eigenvalue weighted by Crippen LogP contribution is -2.39. The van der Waals surface area contributed by atoms with Crippen LogP contribution in [-0.4, -0.2) is 44.7 Å². The molecular formula is C26H31FN4O4S. The minimum atomic E-state index is -3.81. The number of ether oxygens (including phenoxy) is 1. The number of hydrogen-bond donors (Lipinski definition) is 1. The van der Waals surface area contributed by atoms with Gasteiger partial charge < -0.3 is 14.7 Å². The van der Waals surface area contributed by atoms with Gasteiger partial charge in [-0.3, -0.25) is 5.01 Å². The average Bonchev–Trinajstić information content (AvgIpc) is 3.54. The number of fused-ring (bicyclic) bond motifs is 1. The fourth-order valence-electron chi connectivity index (χ4n) is 5.63. The fraction of sp³-hybridized carbons (Fsp3) is 0.423. The van der Waals surface area contributed by atoms with Crippen LogP contribution in [0, 0.1) is 31.5 Å². The van der Waals surface area contributed by atoms with E-state index in [1.165, 1.54) is 27.6 Å². The van der Waals surface area contributed by atoms with Gasteiger partial charge >= 0.3 is 0 Å². The van der Waals surface area contributed by atoms with Crippen molar-refractivity contribution in [1.29, 1.82) is 0 Å². The molecule has 0 spiro atoms. The summed E-state index contributed by atoms with van der Waals surface area (Å²) in [4.78, 5) is 0.141.